The number of furan rings is 1. The second-order valence-corrected chi connectivity index (χ2v) is 6.92. The number of rotatable bonds is 9. The van der Waals surface area contributed by atoms with Crippen molar-refractivity contribution in [1.29, 1.82) is 0 Å². The molecule has 0 saturated carbocycles. The van der Waals surface area contributed by atoms with E-state index >= 15 is 0 Å². The van der Waals surface area contributed by atoms with Crippen LogP contribution in [0, 0.1) is 5.82 Å². The van der Waals surface area contributed by atoms with Gasteiger partial charge in [0.2, 0.25) is 11.7 Å². The molecule has 0 atom stereocenters. The minimum Gasteiger partial charge on any atom is -0.450 e. The maximum absolute atomic E-state index is 12.9. The van der Waals surface area contributed by atoms with Crippen molar-refractivity contribution in [3.8, 4) is 0 Å². The van der Waals surface area contributed by atoms with Crippen LogP contribution in [0.25, 0.3) is 11.0 Å². The Labute approximate surface area is 183 Å². The van der Waals surface area contributed by atoms with Crippen LogP contribution in [0.15, 0.2) is 52.9 Å². The number of benzene rings is 2. The topological polar surface area (TPSA) is 98.1 Å². The van der Waals surface area contributed by atoms with Crippen LogP contribution >= 0.6 is 0 Å². The van der Waals surface area contributed by atoms with Crippen LogP contribution in [-0.4, -0.2) is 49.5 Å². The number of likely N-dealkylation sites (N-methyl/N-ethyl adjacent to an activating group) is 1. The smallest absolute Gasteiger partial charge is 0.375 e. The number of anilines is 1. The number of fused-ring (bicyclic) bond motifs is 1. The monoisotopic (exact) mass is 442 g/mol. The van der Waals surface area contributed by atoms with Crippen molar-refractivity contribution in [2.45, 2.75) is 13.5 Å². The molecule has 1 aromatic heterocycles. The van der Waals surface area contributed by atoms with Gasteiger partial charge in [0.1, 0.15) is 11.4 Å². The molecular weight excluding hydrogens is 419 g/mol. The second kappa shape index (κ2) is 10.5. The van der Waals surface area contributed by atoms with Gasteiger partial charge in [-0.05, 0) is 37.3 Å². The number of nitrogens with zero attached hydrogens (tertiary/aromatic N) is 1. The minimum absolute atomic E-state index is 0.0239. The van der Waals surface area contributed by atoms with Crippen LogP contribution in [0.3, 0.4) is 0 Å². The number of carbonyl (C=O) groups is 3. The number of hydrogen-bond acceptors (Lipinski definition) is 6. The van der Waals surface area contributed by atoms with Crippen molar-refractivity contribution in [3.63, 3.8) is 0 Å². The summed E-state index contributed by atoms with van der Waals surface area (Å²) in [5.74, 6) is -2.30. The second-order valence-electron chi connectivity index (χ2n) is 6.92. The van der Waals surface area contributed by atoms with E-state index in [-0.39, 0.29) is 18.9 Å². The lowest BCUT2D eigenvalue weighted by molar-refractivity contribution is -0.136. The SMILES string of the molecule is CCOCc1c(C(=O)OCC(=O)N(C)CC(=O)Nc2ccc(F)cc2)oc2ccccc12. The van der Waals surface area contributed by atoms with Crippen molar-refractivity contribution in [2.75, 3.05) is 32.1 Å². The number of carbonyl (C=O) groups excluding carboxylic acids is 3. The van der Waals surface area contributed by atoms with E-state index in [2.05, 4.69) is 5.32 Å². The molecule has 0 bridgehead atoms. The Hall–Kier alpha value is -3.72. The summed E-state index contributed by atoms with van der Waals surface area (Å²) in [7, 11) is 1.40. The van der Waals surface area contributed by atoms with Crippen LogP contribution in [-0.2, 0) is 25.7 Å². The fourth-order valence-electron chi connectivity index (χ4n) is 2.95. The molecule has 2 aromatic carbocycles. The first kappa shape index (κ1) is 23.0. The summed E-state index contributed by atoms with van der Waals surface area (Å²) in [4.78, 5) is 38.1. The lowest BCUT2D eigenvalue weighted by Gasteiger charge is -2.16. The lowest BCUT2D eigenvalue weighted by Crippen LogP contribution is -2.37. The van der Waals surface area contributed by atoms with E-state index in [1.807, 2.05) is 19.1 Å². The largest absolute Gasteiger partial charge is 0.450 e. The number of ether oxygens (including phenoxy) is 2. The fourth-order valence-corrected chi connectivity index (χ4v) is 2.95. The summed E-state index contributed by atoms with van der Waals surface area (Å²) in [5.41, 5.74) is 1.46. The van der Waals surface area contributed by atoms with Crippen molar-refractivity contribution in [3.05, 3.63) is 65.7 Å². The van der Waals surface area contributed by atoms with Gasteiger partial charge in [0.15, 0.2) is 6.61 Å². The number of nitrogens with one attached hydrogen (secondary N) is 1. The summed E-state index contributed by atoms with van der Waals surface area (Å²) in [6, 6.07) is 12.4. The maximum Gasteiger partial charge on any atom is 0.375 e. The molecule has 0 fully saturated rings. The predicted molar refractivity (Wildman–Crippen MR) is 114 cm³/mol. The molecule has 168 valence electrons. The third kappa shape index (κ3) is 5.70. The Morgan fingerprint density at radius 1 is 1.09 bits per heavy atom. The first-order chi connectivity index (χ1) is 15.4. The number of esters is 1. The summed E-state index contributed by atoms with van der Waals surface area (Å²) in [6.07, 6.45) is 0. The number of halogens is 1. The molecule has 0 saturated heterocycles. The van der Waals surface area contributed by atoms with Crippen LogP contribution in [0.4, 0.5) is 10.1 Å². The van der Waals surface area contributed by atoms with E-state index < -0.39 is 30.2 Å². The summed E-state index contributed by atoms with van der Waals surface area (Å²) in [6.45, 7) is 1.62. The van der Waals surface area contributed by atoms with Gasteiger partial charge in [-0.1, -0.05) is 18.2 Å². The van der Waals surface area contributed by atoms with Gasteiger partial charge >= 0.3 is 5.97 Å². The lowest BCUT2D eigenvalue weighted by atomic mass is 10.1. The molecule has 0 aliphatic rings. The van der Waals surface area contributed by atoms with E-state index in [9.17, 15) is 18.8 Å². The van der Waals surface area contributed by atoms with Gasteiger partial charge < -0.3 is 24.1 Å². The van der Waals surface area contributed by atoms with Crippen molar-refractivity contribution < 1.29 is 32.7 Å². The zero-order chi connectivity index (χ0) is 23.1. The van der Waals surface area contributed by atoms with E-state index in [0.717, 1.165) is 10.3 Å². The molecule has 1 N–H and O–H groups in total. The molecule has 1 heterocycles. The number of para-hydroxylation sites is 1. The highest BCUT2D eigenvalue weighted by Gasteiger charge is 2.23. The zero-order valence-electron chi connectivity index (χ0n) is 17.7. The van der Waals surface area contributed by atoms with Gasteiger partial charge in [-0.15, -0.1) is 0 Å². The van der Waals surface area contributed by atoms with E-state index in [4.69, 9.17) is 13.9 Å². The van der Waals surface area contributed by atoms with Gasteiger partial charge in [-0.3, -0.25) is 9.59 Å². The molecule has 0 unspecified atom stereocenters. The van der Waals surface area contributed by atoms with E-state index in [1.54, 1.807) is 12.1 Å². The normalized spacial score (nSPS) is 10.7. The third-order valence-corrected chi connectivity index (χ3v) is 4.60. The number of hydrogen-bond donors (Lipinski definition) is 1. The molecule has 0 aliphatic carbocycles. The molecule has 3 aromatic rings. The molecule has 8 nitrogen and oxygen atoms in total. The summed E-state index contributed by atoms with van der Waals surface area (Å²) >= 11 is 0. The summed E-state index contributed by atoms with van der Waals surface area (Å²) < 4.78 is 29.1. The highest BCUT2D eigenvalue weighted by molar-refractivity contribution is 5.97. The molecule has 9 heteroatoms. The molecular formula is C23H23FN2O6. The van der Waals surface area contributed by atoms with E-state index in [1.165, 1.54) is 31.3 Å². The van der Waals surface area contributed by atoms with Gasteiger partial charge in [0.25, 0.3) is 5.91 Å². The van der Waals surface area contributed by atoms with Gasteiger partial charge in [0, 0.05) is 30.3 Å². The van der Waals surface area contributed by atoms with Crippen molar-refractivity contribution in [1.82, 2.24) is 4.90 Å². The Balaban J connectivity index is 1.57. The molecule has 0 aliphatic heterocycles. The minimum atomic E-state index is -0.798. The third-order valence-electron chi connectivity index (χ3n) is 4.60. The first-order valence-electron chi connectivity index (χ1n) is 9.93. The highest BCUT2D eigenvalue weighted by Crippen LogP contribution is 2.27. The van der Waals surface area contributed by atoms with Crippen LogP contribution < -0.4 is 5.32 Å². The zero-order valence-corrected chi connectivity index (χ0v) is 17.7. The van der Waals surface area contributed by atoms with Gasteiger partial charge in [-0.25, -0.2) is 9.18 Å². The Morgan fingerprint density at radius 2 is 1.81 bits per heavy atom. The van der Waals surface area contributed by atoms with Crippen LogP contribution in [0.1, 0.15) is 23.0 Å². The molecule has 32 heavy (non-hydrogen) atoms. The average molecular weight is 442 g/mol. The first-order valence-corrected chi connectivity index (χ1v) is 9.93. The summed E-state index contributed by atoms with van der Waals surface area (Å²) in [5, 5.41) is 3.28. The predicted octanol–water partition coefficient (Wildman–Crippen LogP) is 3.36. The van der Waals surface area contributed by atoms with Crippen LogP contribution in [0.2, 0.25) is 0 Å². The van der Waals surface area contributed by atoms with Crippen molar-refractivity contribution >= 4 is 34.4 Å². The Kier molecular flexibility index (Phi) is 7.56. The highest BCUT2D eigenvalue weighted by atomic mass is 19.1. The molecule has 3 rings (SSSR count). The number of amides is 2. The van der Waals surface area contributed by atoms with E-state index in [0.29, 0.717) is 23.4 Å². The van der Waals surface area contributed by atoms with Gasteiger partial charge in [0.05, 0.1) is 13.2 Å². The molecule has 0 radical (unpaired) electrons. The fraction of sp³-hybridized carbons (Fsp3) is 0.261. The van der Waals surface area contributed by atoms with Crippen molar-refractivity contribution in [2.24, 2.45) is 0 Å². The Morgan fingerprint density at radius 3 is 2.53 bits per heavy atom. The standard InChI is InChI=1S/C23H23FN2O6/c1-3-30-13-18-17-6-4-5-7-19(17)32-22(18)23(29)31-14-21(28)26(2)12-20(27)25-16-10-8-15(24)9-11-16/h4-11H,3,12-14H2,1-2H3,(H,25,27). The Bertz CT molecular complexity index is 1110. The van der Waals surface area contributed by atoms with Crippen LogP contribution in [0.5, 0.6) is 0 Å². The molecule has 0 spiro atoms. The molecule has 2 amide bonds. The average Bonchev–Trinajstić information content (AvgIpc) is 3.15. The van der Waals surface area contributed by atoms with Gasteiger partial charge in [-0.2, -0.15) is 0 Å². The maximum atomic E-state index is 12.9. The quantitative estimate of drug-likeness (QED) is 0.511.